The Morgan fingerprint density at radius 2 is 1.96 bits per heavy atom. The Morgan fingerprint density at radius 1 is 1.19 bits per heavy atom. The molecule has 1 aromatic heterocycles. The van der Waals surface area contributed by atoms with Gasteiger partial charge in [-0.1, -0.05) is 0 Å². The van der Waals surface area contributed by atoms with Gasteiger partial charge in [-0.3, -0.25) is 4.79 Å². The van der Waals surface area contributed by atoms with Crippen molar-refractivity contribution in [3.63, 3.8) is 0 Å². The van der Waals surface area contributed by atoms with Crippen LogP contribution in [0.3, 0.4) is 0 Å². The fraction of sp³-hybridized carbons (Fsp3) is 0.389. The summed E-state index contributed by atoms with van der Waals surface area (Å²) in [5, 5.41) is 11.5. The van der Waals surface area contributed by atoms with Crippen LogP contribution in [0.1, 0.15) is 17.3 Å². The molecule has 0 saturated carbocycles. The molecule has 138 valence electrons. The molecule has 2 aromatic rings. The summed E-state index contributed by atoms with van der Waals surface area (Å²) >= 11 is 0. The molecule has 26 heavy (non-hydrogen) atoms. The molecule has 2 heterocycles. The van der Waals surface area contributed by atoms with E-state index in [0.717, 1.165) is 18.2 Å². The highest BCUT2D eigenvalue weighted by atomic mass is 19.1. The van der Waals surface area contributed by atoms with Crippen LogP contribution in [0.2, 0.25) is 0 Å². The number of carbonyl (C=O) groups excluding carboxylic acids is 1. The van der Waals surface area contributed by atoms with Crippen molar-refractivity contribution in [1.82, 2.24) is 15.1 Å². The molecule has 8 heteroatoms. The van der Waals surface area contributed by atoms with Crippen LogP contribution in [0.25, 0.3) is 0 Å². The van der Waals surface area contributed by atoms with Crippen molar-refractivity contribution in [1.29, 1.82) is 0 Å². The second kappa shape index (κ2) is 7.99. The van der Waals surface area contributed by atoms with Gasteiger partial charge in [0.1, 0.15) is 5.82 Å². The Labute approximate surface area is 151 Å². The molecule has 1 amide bonds. The van der Waals surface area contributed by atoms with Gasteiger partial charge in [-0.25, -0.2) is 4.39 Å². The van der Waals surface area contributed by atoms with Gasteiger partial charge in [0.2, 0.25) is 0 Å². The van der Waals surface area contributed by atoms with Gasteiger partial charge >= 0.3 is 0 Å². The largest absolute Gasteiger partial charge is 0.494 e. The van der Waals surface area contributed by atoms with E-state index in [1.54, 1.807) is 11.0 Å². The summed E-state index contributed by atoms with van der Waals surface area (Å²) in [6, 6.07) is 8.09. The minimum absolute atomic E-state index is 0.131. The van der Waals surface area contributed by atoms with Crippen molar-refractivity contribution in [2.45, 2.75) is 6.92 Å². The summed E-state index contributed by atoms with van der Waals surface area (Å²) < 4.78 is 18.7. The minimum Gasteiger partial charge on any atom is -0.494 e. The number of ether oxygens (including phenoxy) is 1. The number of anilines is 2. The fourth-order valence-electron chi connectivity index (χ4n) is 2.89. The maximum Gasteiger partial charge on any atom is 0.254 e. The highest BCUT2D eigenvalue weighted by Crippen LogP contribution is 2.20. The van der Waals surface area contributed by atoms with E-state index in [4.69, 9.17) is 4.74 Å². The number of halogens is 1. The maximum atomic E-state index is 13.8. The number of carbonyl (C=O) groups is 1. The Morgan fingerprint density at radius 3 is 2.54 bits per heavy atom. The van der Waals surface area contributed by atoms with E-state index in [1.807, 2.05) is 19.1 Å². The first-order chi connectivity index (χ1) is 12.6. The van der Waals surface area contributed by atoms with Crippen LogP contribution in [0.5, 0.6) is 5.75 Å². The van der Waals surface area contributed by atoms with Gasteiger partial charge in [0, 0.05) is 38.3 Å². The lowest BCUT2D eigenvalue weighted by atomic mass is 10.1. The van der Waals surface area contributed by atoms with Crippen LogP contribution < -0.4 is 15.0 Å². The molecule has 0 radical (unpaired) electrons. The SMILES string of the molecule is CCNc1ccc(N2CCN(C(=O)c3ccc(OC)c(F)c3)CC2)nn1. The number of hydrogen-bond acceptors (Lipinski definition) is 6. The predicted octanol–water partition coefficient (Wildman–Crippen LogP) is 2.02. The minimum atomic E-state index is -0.534. The molecule has 7 nitrogen and oxygen atoms in total. The third-order valence-electron chi connectivity index (χ3n) is 4.30. The summed E-state index contributed by atoms with van der Waals surface area (Å²) in [5.74, 6) is 0.944. The molecule has 1 aliphatic rings. The number of hydrogen-bond donors (Lipinski definition) is 1. The van der Waals surface area contributed by atoms with E-state index in [-0.39, 0.29) is 11.7 Å². The molecule has 3 rings (SSSR count). The van der Waals surface area contributed by atoms with Gasteiger partial charge in [0.15, 0.2) is 17.4 Å². The summed E-state index contributed by atoms with van der Waals surface area (Å²) in [5.41, 5.74) is 0.325. The smallest absolute Gasteiger partial charge is 0.254 e. The second-order valence-corrected chi connectivity index (χ2v) is 5.94. The van der Waals surface area contributed by atoms with Crippen LogP contribution in [-0.2, 0) is 0 Å². The van der Waals surface area contributed by atoms with Crippen LogP contribution in [0.15, 0.2) is 30.3 Å². The van der Waals surface area contributed by atoms with Gasteiger partial charge in [-0.2, -0.15) is 0 Å². The molecule has 1 N–H and O–H groups in total. The zero-order chi connectivity index (χ0) is 18.5. The molecule has 1 aromatic carbocycles. The molecule has 1 aliphatic heterocycles. The number of nitrogens with one attached hydrogen (secondary N) is 1. The van der Waals surface area contributed by atoms with Gasteiger partial charge in [-0.05, 0) is 37.3 Å². The monoisotopic (exact) mass is 359 g/mol. The van der Waals surface area contributed by atoms with Crippen molar-refractivity contribution < 1.29 is 13.9 Å². The Bertz CT molecular complexity index is 761. The lowest BCUT2D eigenvalue weighted by molar-refractivity contribution is 0.0746. The van der Waals surface area contributed by atoms with E-state index in [0.29, 0.717) is 31.7 Å². The van der Waals surface area contributed by atoms with Crippen LogP contribution >= 0.6 is 0 Å². The third kappa shape index (κ3) is 3.84. The number of piperazine rings is 1. The zero-order valence-electron chi connectivity index (χ0n) is 14.9. The summed E-state index contributed by atoms with van der Waals surface area (Å²) in [4.78, 5) is 16.4. The molecule has 0 atom stereocenters. The molecule has 0 unspecified atom stereocenters. The van der Waals surface area contributed by atoms with Crippen LogP contribution in [-0.4, -0.2) is 60.8 Å². The molecule has 0 bridgehead atoms. The molecule has 0 aliphatic carbocycles. The Balaban J connectivity index is 1.60. The number of nitrogens with zero attached hydrogens (tertiary/aromatic N) is 4. The van der Waals surface area contributed by atoms with Crippen molar-refractivity contribution in [2.75, 3.05) is 50.1 Å². The third-order valence-corrected chi connectivity index (χ3v) is 4.30. The highest BCUT2D eigenvalue weighted by Gasteiger charge is 2.23. The standard InChI is InChI=1S/C18H22FN5O2/c1-3-20-16-6-7-17(22-21-16)23-8-10-24(11-9-23)18(25)13-4-5-15(26-2)14(19)12-13/h4-7,12H,3,8-11H2,1-2H3,(H,20,21). The summed E-state index contributed by atoms with van der Waals surface area (Å²) in [6.07, 6.45) is 0. The molecule has 0 spiro atoms. The zero-order valence-corrected chi connectivity index (χ0v) is 14.9. The second-order valence-electron chi connectivity index (χ2n) is 5.94. The number of benzene rings is 1. The quantitative estimate of drug-likeness (QED) is 0.881. The van der Waals surface area contributed by atoms with E-state index < -0.39 is 5.82 Å². The first-order valence-electron chi connectivity index (χ1n) is 8.57. The Kier molecular flexibility index (Phi) is 5.50. The fourth-order valence-corrected chi connectivity index (χ4v) is 2.89. The molecular formula is C18H22FN5O2. The first kappa shape index (κ1) is 17.9. The van der Waals surface area contributed by atoms with Gasteiger partial charge in [0.25, 0.3) is 5.91 Å². The van der Waals surface area contributed by atoms with E-state index in [9.17, 15) is 9.18 Å². The maximum absolute atomic E-state index is 13.8. The average molecular weight is 359 g/mol. The van der Waals surface area contributed by atoms with Gasteiger partial charge in [0.05, 0.1) is 7.11 Å². The van der Waals surface area contributed by atoms with Crippen LogP contribution in [0, 0.1) is 5.82 Å². The first-order valence-corrected chi connectivity index (χ1v) is 8.57. The van der Waals surface area contributed by atoms with Crippen molar-refractivity contribution >= 4 is 17.5 Å². The van der Waals surface area contributed by atoms with E-state index >= 15 is 0 Å². The number of aromatic nitrogens is 2. The predicted molar refractivity (Wildman–Crippen MR) is 97.3 cm³/mol. The number of rotatable bonds is 5. The lowest BCUT2D eigenvalue weighted by Gasteiger charge is -2.35. The average Bonchev–Trinajstić information content (AvgIpc) is 2.68. The lowest BCUT2D eigenvalue weighted by Crippen LogP contribution is -2.49. The van der Waals surface area contributed by atoms with E-state index in [2.05, 4.69) is 20.4 Å². The number of amides is 1. The summed E-state index contributed by atoms with van der Waals surface area (Å²) in [6.45, 7) is 5.19. The van der Waals surface area contributed by atoms with Crippen molar-refractivity contribution in [3.8, 4) is 5.75 Å². The summed E-state index contributed by atoms with van der Waals surface area (Å²) in [7, 11) is 1.40. The topological polar surface area (TPSA) is 70.6 Å². The van der Waals surface area contributed by atoms with Crippen LogP contribution in [0.4, 0.5) is 16.0 Å². The van der Waals surface area contributed by atoms with Crippen molar-refractivity contribution in [3.05, 3.63) is 41.7 Å². The van der Waals surface area contributed by atoms with Gasteiger partial charge < -0.3 is 19.9 Å². The van der Waals surface area contributed by atoms with Gasteiger partial charge in [-0.15, -0.1) is 10.2 Å². The number of methoxy groups -OCH3 is 1. The molecular weight excluding hydrogens is 337 g/mol. The Hall–Kier alpha value is -2.90. The highest BCUT2D eigenvalue weighted by molar-refractivity contribution is 5.94. The van der Waals surface area contributed by atoms with E-state index in [1.165, 1.54) is 19.2 Å². The normalized spacial score (nSPS) is 14.3. The van der Waals surface area contributed by atoms with Crippen molar-refractivity contribution in [2.24, 2.45) is 0 Å². The molecule has 1 saturated heterocycles. The molecule has 1 fully saturated rings.